The monoisotopic (exact) mass is 335 g/mol. The number of carboxylic acids is 1. The lowest BCUT2D eigenvalue weighted by Gasteiger charge is -2.33. The van der Waals surface area contributed by atoms with Gasteiger partial charge in [-0.2, -0.15) is 0 Å². The molecule has 0 radical (unpaired) electrons. The summed E-state index contributed by atoms with van der Waals surface area (Å²) in [5.41, 5.74) is 2.36. The van der Waals surface area contributed by atoms with Crippen molar-refractivity contribution in [3.63, 3.8) is 0 Å². The lowest BCUT2D eigenvalue weighted by molar-refractivity contribution is -0.149. The molecule has 0 amide bonds. The number of likely N-dealkylation sites (tertiary alicyclic amines) is 2. The second-order valence-corrected chi connectivity index (χ2v) is 8.25. The van der Waals surface area contributed by atoms with Crippen molar-refractivity contribution >= 4 is 17.3 Å². The summed E-state index contributed by atoms with van der Waals surface area (Å²) in [7, 11) is 0. The van der Waals surface area contributed by atoms with Crippen LogP contribution in [0.1, 0.15) is 37.8 Å². The van der Waals surface area contributed by atoms with Crippen LogP contribution in [0.15, 0.2) is 10.9 Å². The van der Waals surface area contributed by atoms with Crippen LogP contribution in [0.25, 0.3) is 0 Å². The molecule has 0 unspecified atom stereocenters. The molecule has 3 aliphatic rings. The molecule has 2 saturated heterocycles. The highest BCUT2D eigenvalue weighted by Crippen LogP contribution is 2.45. The Morgan fingerprint density at radius 2 is 2.13 bits per heavy atom. The fourth-order valence-corrected chi connectivity index (χ4v) is 5.45. The molecule has 23 heavy (non-hydrogen) atoms. The summed E-state index contributed by atoms with van der Waals surface area (Å²) in [6.07, 6.45) is 6.47. The minimum Gasteiger partial charge on any atom is -0.481 e. The summed E-state index contributed by atoms with van der Waals surface area (Å²) in [4.78, 5) is 21.3. The molecule has 0 aromatic carbocycles. The van der Waals surface area contributed by atoms with E-state index in [0.29, 0.717) is 12.6 Å². The first-order chi connectivity index (χ1) is 11.2. The number of fused-ring (bicyclic) bond motifs is 1. The maximum atomic E-state index is 12.1. The van der Waals surface area contributed by atoms with Crippen molar-refractivity contribution in [2.45, 2.75) is 44.7 Å². The first kappa shape index (κ1) is 15.5. The molecule has 1 aliphatic carbocycles. The molecule has 126 valence electrons. The van der Waals surface area contributed by atoms with E-state index in [9.17, 15) is 9.90 Å². The van der Waals surface area contributed by atoms with E-state index in [1.54, 1.807) is 11.3 Å². The summed E-state index contributed by atoms with van der Waals surface area (Å²) < 4.78 is 0. The summed E-state index contributed by atoms with van der Waals surface area (Å²) in [6, 6.07) is 0.623. The quantitative estimate of drug-likeness (QED) is 0.915. The van der Waals surface area contributed by atoms with Gasteiger partial charge in [-0.25, -0.2) is 4.98 Å². The van der Waals surface area contributed by atoms with Crippen LogP contribution in [-0.4, -0.2) is 58.1 Å². The lowest BCUT2D eigenvalue weighted by atomic mass is 9.81. The predicted molar refractivity (Wildman–Crippen MR) is 89.4 cm³/mol. The Kier molecular flexibility index (Phi) is 4.15. The SMILES string of the molecule is O=C(O)[C@]12CN(Cc3cscn3)C[C@H]1CN(C1CCCCC1)C2. The van der Waals surface area contributed by atoms with Crippen molar-refractivity contribution < 1.29 is 9.90 Å². The fraction of sp³-hybridized carbons (Fsp3) is 0.765. The molecule has 6 heteroatoms. The smallest absolute Gasteiger partial charge is 0.312 e. The normalized spacial score (nSPS) is 33.1. The third kappa shape index (κ3) is 2.81. The van der Waals surface area contributed by atoms with Crippen LogP contribution in [0.2, 0.25) is 0 Å². The molecule has 1 saturated carbocycles. The number of hydrogen-bond donors (Lipinski definition) is 1. The van der Waals surface area contributed by atoms with Gasteiger partial charge in [0.05, 0.1) is 16.6 Å². The fourth-order valence-electron chi connectivity index (χ4n) is 4.90. The summed E-state index contributed by atoms with van der Waals surface area (Å²) in [5, 5.41) is 12.0. The van der Waals surface area contributed by atoms with Gasteiger partial charge in [-0.05, 0) is 12.8 Å². The van der Waals surface area contributed by atoms with Crippen molar-refractivity contribution in [2.75, 3.05) is 26.2 Å². The van der Waals surface area contributed by atoms with Crippen LogP contribution >= 0.6 is 11.3 Å². The molecule has 0 spiro atoms. The molecule has 3 heterocycles. The van der Waals surface area contributed by atoms with Gasteiger partial charge in [-0.1, -0.05) is 19.3 Å². The first-order valence-electron chi connectivity index (χ1n) is 8.74. The van der Waals surface area contributed by atoms with E-state index in [4.69, 9.17) is 0 Å². The second-order valence-electron chi connectivity index (χ2n) is 7.53. The first-order valence-corrected chi connectivity index (χ1v) is 9.68. The molecule has 4 rings (SSSR count). The Morgan fingerprint density at radius 1 is 1.30 bits per heavy atom. The van der Waals surface area contributed by atoms with Gasteiger partial charge in [0.15, 0.2) is 0 Å². The van der Waals surface area contributed by atoms with Gasteiger partial charge >= 0.3 is 5.97 Å². The molecular weight excluding hydrogens is 310 g/mol. The number of thiazole rings is 1. The average Bonchev–Trinajstić information content (AvgIpc) is 3.23. The van der Waals surface area contributed by atoms with Crippen LogP contribution < -0.4 is 0 Å². The van der Waals surface area contributed by atoms with Crippen LogP contribution in [0, 0.1) is 11.3 Å². The molecule has 1 N–H and O–H groups in total. The minimum absolute atomic E-state index is 0.264. The number of aliphatic carboxylic acids is 1. The van der Waals surface area contributed by atoms with Crippen LogP contribution in [0.3, 0.4) is 0 Å². The van der Waals surface area contributed by atoms with Crippen molar-refractivity contribution in [1.82, 2.24) is 14.8 Å². The van der Waals surface area contributed by atoms with Crippen LogP contribution in [-0.2, 0) is 11.3 Å². The minimum atomic E-state index is -0.596. The van der Waals surface area contributed by atoms with E-state index in [1.807, 2.05) is 5.51 Å². The van der Waals surface area contributed by atoms with Gasteiger partial charge in [-0.3, -0.25) is 14.6 Å². The van der Waals surface area contributed by atoms with Crippen LogP contribution in [0.5, 0.6) is 0 Å². The van der Waals surface area contributed by atoms with Crippen molar-refractivity contribution in [3.05, 3.63) is 16.6 Å². The van der Waals surface area contributed by atoms with Crippen molar-refractivity contribution in [1.29, 1.82) is 0 Å². The predicted octanol–water partition coefficient (Wildman–Crippen LogP) is 2.29. The van der Waals surface area contributed by atoms with Crippen molar-refractivity contribution in [3.8, 4) is 0 Å². The van der Waals surface area contributed by atoms with Gasteiger partial charge in [0, 0.05) is 50.1 Å². The third-order valence-electron chi connectivity index (χ3n) is 6.09. The summed E-state index contributed by atoms with van der Waals surface area (Å²) in [5.74, 6) is -0.331. The Hall–Kier alpha value is -0.980. The second kappa shape index (κ2) is 6.15. The van der Waals surface area contributed by atoms with E-state index in [2.05, 4.69) is 20.2 Å². The Bertz CT molecular complexity index is 558. The number of aromatic nitrogens is 1. The van der Waals surface area contributed by atoms with Crippen LogP contribution in [0.4, 0.5) is 0 Å². The summed E-state index contributed by atoms with van der Waals surface area (Å²) in [6.45, 7) is 4.06. The van der Waals surface area contributed by atoms with Crippen molar-refractivity contribution in [2.24, 2.45) is 11.3 Å². The molecule has 0 bridgehead atoms. The molecule has 2 atom stereocenters. The topological polar surface area (TPSA) is 56.7 Å². The van der Waals surface area contributed by atoms with E-state index in [1.165, 1.54) is 32.1 Å². The molecule has 5 nitrogen and oxygen atoms in total. The molecule has 1 aromatic heterocycles. The molecule has 3 fully saturated rings. The molecule has 1 aromatic rings. The Labute approximate surface area is 141 Å². The highest BCUT2D eigenvalue weighted by atomic mass is 32.1. The van der Waals surface area contributed by atoms with Gasteiger partial charge in [0.1, 0.15) is 0 Å². The van der Waals surface area contributed by atoms with E-state index in [0.717, 1.165) is 31.9 Å². The third-order valence-corrected chi connectivity index (χ3v) is 6.73. The lowest BCUT2D eigenvalue weighted by Crippen LogP contribution is -2.43. The molecular formula is C17H25N3O2S. The largest absolute Gasteiger partial charge is 0.481 e. The average molecular weight is 335 g/mol. The highest BCUT2D eigenvalue weighted by molar-refractivity contribution is 7.07. The number of carbonyl (C=O) groups is 1. The zero-order valence-electron chi connectivity index (χ0n) is 13.5. The zero-order chi connectivity index (χ0) is 15.9. The van der Waals surface area contributed by atoms with Gasteiger partial charge in [0.25, 0.3) is 0 Å². The maximum absolute atomic E-state index is 12.1. The molecule has 2 aliphatic heterocycles. The number of rotatable bonds is 4. The van der Waals surface area contributed by atoms with Gasteiger partial charge in [-0.15, -0.1) is 11.3 Å². The van der Waals surface area contributed by atoms with E-state index < -0.39 is 11.4 Å². The highest BCUT2D eigenvalue weighted by Gasteiger charge is 2.58. The maximum Gasteiger partial charge on any atom is 0.312 e. The number of nitrogens with zero attached hydrogens (tertiary/aromatic N) is 3. The van der Waals surface area contributed by atoms with Gasteiger partial charge < -0.3 is 5.11 Å². The van der Waals surface area contributed by atoms with E-state index >= 15 is 0 Å². The van der Waals surface area contributed by atoms with E-state index in [-0.39, 0.29) is 5.92 Å². The Balaban J connectivity index is 1.46. The summed E-state index contributed by atoms with van der Waals surface area (Å²) >= 11 is 1.61. The Morgan fingerprint density at radius 3 is 2.78 bits per heavy atom. The zero-order valence-corrected chi connectivity index (χ0v) is 14.3. The number of hydrogen-bond acceptors (Lipinski definition) is 5. The van der Waals surface area contributed by atoms with Gasteiger partial charge in [0.2, 0.25) is 0 Å². The number of carboxylic acid groups (broad SMARTS) is 1. The standard InChI is InChI=1S/C17H25N3O2S/c21-16(22)17-10-19(8-14-9-23-12-18-14)6-13(17)7-20(11-17)15-4-2-1-3-5-15/h9,12-13,15H,1-8,10-11H2,(H,21,22)/t13-,17-/m0/s1.